The molecule has 1 atom stereocenters. The van der Waals surface area contributed by atoms with Gasteiger partial charge in [-0.05, 0) is 36.2 Å². The molecule has 178 valence electrons. The highest BCUT2D eigenvalue weighted by molar-refractivity contribution is 7.82. The van der Waals surface area contributed by atoms with Gasteiger partial charge < -0.3 is 9.84 Å². The number of aliphatic carboxylic acids is 1. The number of ether oxygens (including phenoxy) is 1. The Balaban J connectivity index is 1.41. The minimum absolute atomic E-state index is 0.0186. The van der Waals surface area contributed by atoms with E-state index in [1.165, 1.54) is 0 Å². The molecular weight excluding hydrogens is 448 g/mol. The number of hydrogen-bond donors (Lipinski definition) is 1. The molecule has 0 amide bonds. The first-order valence-electron chi connectivity index (χ1n) is 11.4. The number of nitrogens with zero attached hydrogens (tertiary/aromatic N) is 2. The normalized spacial score (nSPS) is 15.7. The smallest absolute Gasteiger partial charge is 0.307 e. The van der Waals surface area contributed by atoms with Gasteiger partial charge in [0.05, 0.1) is 11.3 Å². The lowest BCUT2D eigenvalue weighted by Gasteiger charge is -2.34. The summed E-state index contributed by atoms with van der Waals surface area (Å²) in [5.41, 5.74) is 3.97. The molecule has 1 N–H and O–H groups in total. The van der Waals surface area contributed by atoms with Crippen LogP contribution in [-0.4, -0.2) is 50.7 Å². The zero-order chi connectivity index (χ0) is 23.9. The molecule has 1 aliphatic rings. The molecule has 7 heteroatoms. The lowest BCUT2D eigenvalue weighted by Crippen LogP contribution is -2.46. The molecule has 3 aromatic carbocycles. The van der Waals surface area contributed by atoms with Gasteiger partial charge in [-0.15, -0.1) is 0 Å². The highest BCUT2D eigenvalue weighted by Gasteiger charge is 2.23. The van der Waals surface area contributed by atoms with Gasteiger partial charge in [0.1, 0.15) is 23.3 Å². The Morgan fingerprint density at radius 2 is 1.65 bits per heavy atom. The van der Waals surface area contributed by atoms with Gasteiger partial charge in [-0.1, -0.05) is 60.2 Å². The van der Waals surface area contributed by atoms with Gasteiger partial charge >= 0.3 is 5.97 Å². The zero-order valence-corrected chi connectivity index (χ0v) is 20.2. The third-order valence-corrected chi connectivity index (χ3v) is 7.41. The van der Waals surface area contributed by atoms with Gasteiger partial charge in [-0.2, -0.15) is 0 Å². The molecule has 1 fully saturated rings. The molecule has 0 aromatic heterocycles. The number of carbonyl (C=O) groups is 1. The first-order chi connectivity index (χ1) is 16.5. The van der Waals surface area contributed by atoms with Gasteiger partial charge in [0.2, 0.25) is 0 Å². The van der Waals surface area contributed by atoms with Crippen molar-refractivity contribution in [3.8, 4) is 5.75 Å². The second kappa shape index (κ2) is 11.4. The predicted octanol–water partition coefficient (Wildman–Crippen LogP) is 4.04. The molecule has 1 saturated heterocycles. The van der Waals surface area contributed by atoms with Crippen molar-refractivity contribution in [1.29, 1.82) is 0 Å². The van der Waals surface area contributed by atoms with E-state index in [0.29, 0.717) is 26.2 Å². The summed E-state index contributed by atoms with van der Waals surface area (Å²) >= 11 is 0. The Bertz CT molecular complexity index is 1130. The fourth-order valence-corrected chi connectivity index (χ4v) is 5.18. The fourth-order valence-electron chi connectivity index (χ4n) is 4.02. The van der Waals surface area contributed by atoms with Crippen LogP contribution in [0.4, 0.5) is 0 Å². The summed E-state index contributed by atoms with van der Waals surface area (Å²) in [6.07, 6.45) is -0.0186. The van der Waals surface area contributed by atoms with Gasteiger partial charge in [-0.25, -0.2) is 8.51 Å². The van der Waals surface area contributed by atoms with Crippen molar-refractivity contribution in [3.63, 3.8) is 0 Å². The molecule has 34 heavy (non-hydrogen) atoms. The van der Waals surface area contributed by atoms with Crippen molar-refractivity contribution < 1.29 is 18.8 Å². The molecule has 1 unspecified atom stereocenters. The highest BCUT2D eigenvalue weighted by atomic mass is 32.2. The predicted molar refractivity (Wildman–Crippen MR) is 133 cm³/mol. The number of benzene rings is 3. The standard InChI is InChI=1S/C27H30N2O4S/c1-21-7-10-25(11-8-21)34(32)29-15-13-28(14-16-29)19-24-17-23(18-27(30)31)9-12-26(24)33-20-22-5-3-2-4-6-22/h2-12,17H,13-16,18-20H2,1H3,(H,30,31). The van der Waals surface area contributed by atoms with Crippen LogP contribution in [0, 0.1) is 6.92 Å². The number of carboxylic acids is 1. The Morgan fingerprint density at radius 3 is 2.32 bits per heavy atom. The van der Waals surface area contributed by atoms with Crippen LogP contribution in [0.15, 0.2) is 77.7 Å². The van der Waals surface area contributed by atoms with E-state index >= 15 is 0 Å². The Kier molecular flexibility index (Phi) is 8.11. The van der Waals surface area contributed by atoms with Crippen molar-refractivity contribution in [2.24, 2.45) is 0 Å². The zero-order valence-electron chi connectivity index (χ0n) is 19.4. The third kappa shape index (κ3) is 6.53. The number of rotatable bonds is 9. The molecule has 6 nitrogen and oxygen atoms in total. The minimum atomic E-state index is -1.16. The van der Waals surface area contributed by atoms with E-state index in [2.05, 4.69) is 4.90 Å². The summed E-state index contributed by atoms with van der Waals surface area (Å²) in [5.74, 6) is -0.0836. The van der Waals surface area contributed by atoms with Crippen molar-refractivity contribution >= 4 is 17.0 Å². The molecular formula is C27H30N2O4S. The average Bonchev–Trinajstić information content (AvgIpc) is 2.84. The molecule has 4 rings (SSSR count). The topological polar surface area (TPSA) is 70.1 Å². The number of piperazine rings is 1. The second-order valence-electron chi connectivity index (χ2n) is 8.55. The van der Waals surface area contributed by atoms with Crippen LogP contribution in [0.2, 0.25) is 0 Å². The summed E-state index contributed by atoms with van der Waals surface area (Å²) in [7, 11) is -1.16. The Morgan fingerprint density at radius 1 is 0.941 bits per heavy atom. The molecule has 0 saturated carbocycles. The van der Waals surface area contributed by atoms with Crippen LogP contribution in [0.3, 0.4) is 0 Å². The van der Waals surface area contributed by atoms with Crippen LogP contribution >= 0.6 is 0 Å². The SMILES string of the molecule is Cc1ccc(S(=O)N2CCN(Cc3cc(CC(=O)O)ccc3OCc3ccccc3)CC2)cc1. The van der Waals surface area contributed by atoms with Gasteiger partial charge in [0, 0.05) is 38.3 Å². The van der Waals surface area contributed by atoms with Crippen LogP contribution in [0.1, 0.15) is 22.3 Å². The first kappa shape index (κ1) is 24.1. The fraction of sp³-hybridized carbons (Fsp3) is 0.296. The summed E-state index contributed by atoms with van der Waals surface area (Å²) in [5, 5.41) is 9.21. The number of aryl methyl sites for hydroxylation is 1. The van der Waals surface area contributed by atoms with E-state index in [0.717, 1.165) is 46.0 Å². The lowest BCUT2D eigenvalue weighted by molar-refractivity contribution is -0.136. The minimum Gasteiger partial charge on any atom is -0.489 e. The van der Waals surface area contributed by atoms with Crippen molar-refractivity contribution in [2.75, 3.05) is 26.2 Å². The highest BCUT2D eigenvalue weighted by Crippen LogP contribution is 2.25. The van der Waals surface area contributed by atoms with E-state index in [4.69, 9.17) is 4.74 Å². The molecule has 0 bridgehead atoms. The number of hydrogen-bond acceptors (Lipinski definition) is 4. The summed E-state index contributed by atoms with van der Waals surface area (Å²) < 4.78 is 21.1. The maximum absolute atomic E-state index is 12.9. The van der Waals surface area contributed by atoms with Gasteiger partial charge in [0.25, 0.3) is 0 Å². The van der Waals surface area contributed by atoms with E-state index in [1.807, 2.05) is 84.0 Å². The molecule has 0 spiro atoms. The largest absolute Gasteiger partial charge is 0.489 e. The molecule has 0 aliphatic carbocycles. The van der Waals surface area contributed by atoms with E-state index in [9.17, 15) is 14.1 Å². The van der Waals surface area contributed by atoms with Crippen LogP contribution in [0.5, 0.6) is 5.75 Å². The van der Waals surface area contributed by atoms with Gasteiger partial charge in [-0.3, -0.25) is 9.69 Å². The van der Waals surface area contributed by atoms with Crippen LogP contribution in [0.25, 0.3) is 0 Å². The quantitative estimate of drug-likeness (QED) is 0.503. The average molecular weight is 479 g/mol. The van der Waals surface area contributed by atoms with Crippen molar-refractivity contribution in [2.45, 2.75) is 31.4 Å². The van der Waals surface area contributed by atoms with E-state index in [-0.39, 0.29) is 6.42 Å². The monoisotopic (exact) mass is 478 g/mol. The summed E-state index contributed by atoms with van der Waals surface area (Å²) in [4.78, 5) is 14.4. The van der Waals surface area contributed by atoms with E-state index in [1.54, 1.807) is 0 Å². The molecule has 0 radical (unpaired) electrons. The lowest BCUT2D eigenvalue weighted by atomic mass is 10.1. The maximum Gasteiger partial charge on any atom is 0.307 e. The van der Waals surface area contributed by atoms with Crippen LogP contribution < -0.4 is 4.74 Å². The third-order valence-electron chi connectivity index (χ3n) is 5.90. The Hall–Kier alpha value is -3.00. The first-order valence-corrected chi connectivity index (χ1v) is 12.5. The van der Waals surface area contributed by atoms with Crippen LogP contribution in [-0.2, 0) is 35.4 Å². The number of carboxylic acid groups (broad SMARTS) is 1. The Labute approximate surface area is 203 Å². The maximum atomic E-state index is 12.9. The molecule has 1 aliphatic heterocycles. The van der Waals surface area contributed by atoms with Gasteiger partial charge in [0.15, 0.2) is 0 Å². The summed E-state index contributed by atoms with van der Waals surface area (Å²) in [6, 6.07) is 23.5. The molecule has 3 aromatic rings. The van der Waals surface area contributed by atoms with E-state index < -0.39 is 17.0 Å². The van der Waals surface area contributed by atoms with Crippen molar-refractivity contribution in [3.05, 3.63) is 95.1 Å². The second-order valence-corrected chi connectivity index (χ2v) is 10.0. The summed E-state index contributed by atoms with van der Waals surface area (Å²) in [6.45, 7) is 6.09. The van der Waals surface area contributed by atoms with Crippen molar-refractivity contribution in [1.82, 2.24) is 9.21 Å². The molecule has 1 heterocycles.